The molecule has 0 amide bonds. The first-order valence-corrected chi connectivity index (χ1v) is 5.51. The maximum atomic E-state index is 13.1. The van der Waals surface area contributed by atoms with Crippen LogP contribution in [-0.2, 0) is 6.42 Å². The van der Waals surface area contributed by atoms with Gasteiger partial charge >= 0.3 is 0 Å². The lowest BCUT2D eigenvalue weighted by atomic mass is 10.0. The van der Waals surface area contributed by atoms with Crippen molar-refractivity contribution < 1.29 is 8.78 Å². The third-order valence-electron chi connectivity index (χ3n) is 2.61. The van der Waals surface area contributed by atoms with Gasteiger partial charge in [-0.15, -0.1) is 0 Å². The van der Waals surface area contributed by atoms with Crippen LogP contribution in [0, 0.1) is 11.6 Å². The molecule has 1 aromatic heterocycles. The highest BCUT2D eigenvalue weighted by Crippen LogP contribution is 2.17. The van der Waals surface area contributed by atoms with Gasteiger partial charge in [0, 0.05) is 12.3 Å². The van der Waals surface area contributed by atoms with E-state index in [1.165, 1.54) is 12.1 Å². The van der Waals surface area contributed by atoms with E-state index in [-0.39, 0.29) is 6.04 Å². The maximum Gasteiger partial charge on any atom is 0.126 e. The topological polar surface area (TPSA) is 50.9 Å². The van der Waals surface area contributed by atoms with E-state index in [1.54, 1.807) is 18.3 Å². The molecular formula is C13H13F2N3. The monoisotopic (exact) mass is 249 g/mol. The van der Waals surface area contributed by atoms with Gasteiger partial charge in [0.15, 0.2) is 0 Å². The molecule has 3 N–H and O–H groups in total. The largest absolute Gasteiger partial charge is 0.271 e. The molecule has 2 aromatic rings. The second-order valence-electron chi connectivity index (χ2n) is 3.96. The molecule has 0 saturated carbocycles. The summed E-state index contributed by atoms with van der Waals surface area (Å²) in [5.41, 5.74) is 3.85. The minimum atomic E-state index is -0.596. The number of hydrazine groups is 1. The highest BCUT2D eigenvalue weighted by atomic mass is 19.1. The molecule has 18 heavy (non-hydrogen) atoms. The van der Waals surface area contributed by atoms with Crippen molar-refractivity contribution in [3.05, 3.63) is 65.5 Å². The van der Waals surface area contributed by atoms with Gasteiger partial charge in [-0.05, 0) is 36.2 Å². The van der Waals surface area contributed by atoms with Crippen LogP contribution >= 0.6 is 0 Å². The number of nitrogens with two attached hydrogens (primary N) is 1. The summed E-state index contributed by atoms with van der Waals surface area (Å²) in [6.45, 7) is 0. The Kier molecular flexibility index (Phi) is 3.96. The SMILES string of the molecule is NNC(Cc1cc(F)cc(F)c1)c1ccccn1. The third kappa shape index (κ3) is 3.09. The van der Waals surface area contributed by atoms with E-state index >= 15 is 0 Å². The van der Waals surface area contributed by atoms with E-state index in [1.807, 2.05) is 6.07 Å². The van der Waals surface area contributed by atoms with Crippen LogP contribution in [0.1, 0.15) is 17.3 Å². The Morgan fingerprint density at radius 1 is 1.17 bits per heavy atom. The van der Waals surface area contributed by atoms with Crippen molar-refractivity contribution in [2.75, 3.05) is 0 Å². The molecule has 1 atom stereocenters. The smallest absolute Gasteiger partial charge is 0.126 e. The number of nitrogens with zero attached hydrogens (tertiary/aromatic N) is 1. The average Bonchev–Trinajstić information content (AvgIpc) is 2.36. The fourth-order valence-electron chi connectivity index (χ4n) is 1.80. The summed E-state index contributed by atoms with van der Waals surface area (Å²) in [6.07, 6.45) is 2.01. The predicted molar refractivity (Wildman–Crippen MR) is 64.4 cm³/mol. The second kappa shape index (κ2) is 5.66. The minimum absolute atomic E-state index is 0.285. The first-order valence-electron chi connectivity index (χ1n) is 5.51. The van der Waals surface area contributed by atoms with E-state index in [9.17, 15) is 8.78 Å². The van der Waals surface area contributed by atoms with Gasteiger partial charge in [-0.3, -0.25) is 16.3 Å². The van der Waals surface area contributed by atoms with Crippen molar-refractivity contribution in [1.82, 2.24) is 10.4 Å². The number of pyridine rings is 1. The molecule has 1 unspecified atom stereocenters. The average molecular weight is 249 g/mol. The number of hydrogen-bond donors (Lipinski definition) is 2. The summed E-state index contributed by atoms with van der Waals surface area (Å²) in [5.74, 6) is 4.26. The fourth-order valence-corrected chi connectivity index (χ4v) is 1.80. The molecule has 0 fully saturated rings. The van der Waals surface area contributed by atoms with Gasteiger partial charge in [0.1, 0.15) is 11.6 Å². The van der Waals surface area contributed by atoms with Crippen molar-refractivity contribution in [3.8, 4) is 0 Å². The van der Waals surface area contributed by atoms with Gasteiger partial charge in [-0.25, -0.2) is 8.78 Å². The van der Waals surface area contributed by atoms with Crippen LogP contribution < -0.4 is 11.3 Å². The van der Waals surface area contributed by atoms with Gasteiger partial charge in [-0.2, -0.15) is 0 Å². The number of halogens is 2. The lowest BCUT2D eigenvalue weighted by Gasteiger charge is -2.15. The molecule has 0 aliphatic carbocycles. The molecule has 1 heterocycles. The van der Waals surface area contributed by atoms with E-state index in [0.29, 0.717) is 12.0 Å². The fraction of sp³-hybridized carbons (Fsp3) is 0.154. The van der Waals surface area contributed by atoms with Crippen molar-refractivity contribution in [2.45, 2.75) is 12.5 Å². The first kappa shape index (κ1) is 12.6. The van der Waals surface area contributed by atoms with Gasteiger partial charge in [0.2, 0.25) is 0 Å². The Bertz CT molecular complexity index is 497. The van der Waals surface area contributed by atoms with Crippen LogP contribution in [0.4, 0.5) is 8.78 Å². The predicted octanol–water partition coefficient (Wildman–Crippen LogP) is 2.11. The zero-order valence-electron chi connectivity index (χ0n) is 9.61. The van der Waals surface area contributed by atoms with Crippen molar-refractivity contribution >= 4 is 0 Å². The van der Waals surface area contributed by atoms with E-state index in [2.05, 4.69) is 10.4 Å². The highest BCUT2D eigenvalue weighted by molar-refractivity contribution is 5.21. The van der Waals surface area contributed by atoms with Crippen LogP contribution in [0.15, 0.2) is 42.6 Å². The molecule has 3 nitrogen and oxygen atoms in total. The highest BCUT2D eigenvalue weighted by Gasteiger charge is 2.12. The number of rotatable bonds is 4. The maximum absolute atomic E-state index is 13.1. The van der Waals surface area contributed by atoms with Crippen LogP contribution in [0.25, 0.3) is 0 Å². The number of hydrogen-bond acceptors (Lipinski definition) is 3. The Morgan fingerprint density at radius 3 is 2.44 bits per heavy atom. The normalized spacial score (nSPS) is 12.4. The Hall–Kier alpha value is -1.85. The number of aromatic nitrogens is 1. The summed E-state index contributed by atoms with van der Waals surface area (Å²) in [6, 6.07) is 8.56. The first-order chi connectivity index (χ1) is 8.69. The molecule has 0 radical (unpaired) electrons. The summed E-state index contributed by atoms with van der Waals surface area (Å²) >= 11 is 0. The zero-order valence-corrected chi connectivity index (χ0v) is 9.61. The molecule has 2 rings (SSSR count). The molecule has 0 spiro atoms. The van der Waals surface area contributed by atoms with E-state index < -0.39 is 11.6 Å². The molecular weight excluding hydrogens is 236 g/mol. The standard InChI is InChI=1S/C13H13F2N3/c14-10-5-9(6-11(15)8-10)7-13(18-16)12-3-1-2-4-17-12/h1-6,8,13,18H,7,16H2. The van der Waals surface area contributed by atoms with E-state index in [0.717, 1.165) is 11.8 Å². The summed E-state index contributed by atoms with van der Waals surface area (Å²) in [7, 11) is 0. The summed E-state index contributed by atoms with van der Waals surface area (Å²) < 4.78 is 26.2. The molecule has 0 bridgehead atoms. The van der Waals surface area contributed by atoms with Crippen LogP contribution in [-0.4, -0.2) is 4.98 Å². The quantitative estimate of drug-likeness (QED) is 0.644. The van der Waals surface area contributed by atoms with Gasteiger partial charge in [0.05, 0.1) is 11.7 Å². The third-order valence-corrected chi connectivity index (χ3v) is 2.61. The van der Waals surface area contributed by atoms with Gasteiger partial charge in [-0.1, -0.05) is 6.07 Å². The molecule has 0 aliphatic heterocycles. The van der Waals surface area contributed by atoms with Crippen molar-refractivity contribution in [2.24, 2.45) is 5.84 Å². The van der Waals surface area contributed by atoms with Crippen LogP contribution in [0.2, 0.25) is 0 Å². The molecule has 1 aromatic carbocycles. The Morgan fingerprint density at radius 2 is 1.89 bits per heavy atom. The van der Waals surface area contributed by atoms with Gasteiger partial charge in [0.25, 0.3) is 0 Å². The zero-order chi connectivity index (χ0) is 13.0. The summed E-state index contributed by atoms with van der Waals surface area (Å²) in [4.78, 5) is 4.16. The van der Waals surface area contributed by atoms with Crippen LogP contribution in [0.3, 0.4) is 0 Å². The number of nitrogens with one attached hydrogen (secondary N) is 1. The minimum Gasteiger partial charge on any atom is -0.271 e. The van der Waals surface area contributed by atoms with Crippen molar-refractivity contribution in [3.63, 3.8) is 0 Å². The van der Waals surface area contributed by atoms with Crippen molar-refractivity contribution in [1.29, 1.82) is 0 Å². The second-order valence-corrected chi connectivity index (χ2v) is 3.96. The van der Waals surface area contributed by atoms with E-state index in [4.69, 9.17) is 5.84 Å². The van der Waals surface area contributed by atoms with Gasteiger partial charge < -0.3 is 0 Å². The van der Waals surface area contributed by atoms with Crippen LogP contribution in [0.5, 0.6) is 0 Å². The lowest BCUT2D eigenvalue weighted by Crippen LogP contribution is -2.30. The summed E-state index contributed by atoms with van der Waals surface area (Å²) in [5, 5.41) is 0. The number of benzene rings is 1. The molecule has 0 saturated heterocycles. The molecule has 0 aliphatic rings. The Balaban J connectivity index is 2.20. The molecule has 5 heteroatoms. The molecule has 94 valence electrons. The Labute approximate surface area is 104 Å². The lowest BCUT2D eigenvalue weighted by molar-refractivity contribution is 0.529.